The van der Waals surface area contributed by atoms with Crippen LogP contribution in [0.5, 0.6) is 0 Å². The normalized spacial score (nSPS) is 12.5. The summed E-state index contributed by atoms with van der Waals surface area (Å²) in [7, 11) is 0. The summed E-state index contributed by atoms with van der Waals surface area (Å²) in [5.41, 5.74) is 10.5. The van der Waals surface area contributed by atoms with E-state index in [0.29, 0.717) is 11.6 Å². The molecular weight excluding hydrogens is 346 g/mol. The molecule has 5 heteroatoms. The fourth-order valence-corrected chi connectivity index (χ4v) is 3.81. The van der Waals surface area contributed by atoms with Crippen molar-refractivity contribution >= 4 is 27.8 Å². The molecule has 0 aliphatic heterocycles. The van der Waals surface area contributed by atoms with Gasteiger partial charge in [-0.05, 0) is 30.7 Å². The van der Waals surface area contributed by atoms with E-state index < -0.39 is 0 Å². The summed E-state index contributed by atoms with van der Waals surface area (Å²) in [6, 6.07) is 22.6. The molecule has 0 aliphatic carbocycles. The summed E-state index contributed by atoms with van der Waals surface area (Å²) in [5, 5.41) is 1.97. The predicted octanol–water partition coefficient (Wildman–Crippen LogP) is 4.84. The molecule has 0 spiro atoms. The number of aromatic nitrogens is 4. The SMILES string of the molecule is C[C@H](c1ccccc1)n1c2ccccc2c2c(N)nc(-c3ccncc3)nc21. The largest absolute Gasteiger partial charge is 0.383 e. The van der Waals surface area contributed by atoms with Crippen molar-refractivity contribution in [3.63, 3.8) is 0 Å². The Morgan fingerprint density at radius 3 is 2.36 bits per heavy atom. The monoisotopic (exact) mass is 365 g/mol. The van der Waals surface area contributed by atoms with Crippen molar-refractivity contribution in [3.05, 3.63) is 84.7 Å². The molecule has 1 atom stereocenters. The summed E-state index contributed by atoms with van der Waals surface area (Å²) in [6.45, 7) is 2.19. The molecule has 0 amide bonds. The van der Waals surface area contributed by atoms with E-state index in [9.17, 15) is 0 Å². The van der Waals surface area contributed by atoms with Crippen molar-refractivity contribution in [1.29, 1.82) is 0 Å². The van der Waals surface area contributed by atoms with Crippen LogP contribution in [0.1, 0.15) is 18.5 Å². The van der Waals surface area contributed by atoms with Crippen molar-refractivity contribution < 1.29 is 0 Å². The predicted molar refractivity (Wildman–Crippen MR) is 113 cm³/mol. The lowest BCUT2D eigenvalue weighted by molar-refractivity contribution is 0.679. The zero-order valence-electron chi connectivity index (χ0n) is 15.4. The quantitative estimate of drug-likeness (QED) is 0.497. The van der Waals surface area contributed by atoms with Crippen molar-refractivity contribution in [3.8, 4) is 11.4 Å². The van der Waals surface area contributed by atoms with Crippen LogP contribution >= 0.6 is 0 Å². The Morgan fingerprint density at radius 1 is 0.857 bits per heavy atom. The van der Waals surface area contributed by atoms with Crippen LogP contribution < -0.4 is 5.73 Å². The number of hydrogen-bond acceptors (Lipinski definition) is 4. The third kappa shape index (κ3) is 2.52. The molecule has 0 saturated carbocycles. The first-order chi connectivity index (χ1) is 13.7. The minimum atomic E-state index is 0.100. The molecule has 3 aromatic heterocycles. The Labute approximate surface area is 162 Å². The molecule has 5 nitrogen and oxygen atoms in total. The van der Waals surface area contributed by atoms with E-state index in [0.717, 1.165) is 27.5 Å². The van der Waals surface area contributed by atoms with Gasteiger partial charge >= 0.3 is 0 Å². The second-order valence-corrected chi connectivity index (χ2v) is 6.84. The number of pyridine rings is 1. The van der Waals surface area contributed by atoms with Gasteiger partial charge in [0.1, 0.15) is 11.5 Å². The third-order valence-corrected chi connectivity index (χ3v) is 5.19. The van der Waals surface area contributed by atoms with Gasteiger partial charge in [-0.25, -0.2) is 9.97 Å². The highest BCUT2D eigenvalue weighted by atomic mass is 15.1. The van der Waals surface area contributed by atoms with Gasteiger partial charge < -0.3 is 10.3 Å². The topological polar surface area (TPSA) is 69.6 Å². The molecule has 5 aromatic rings. The van der Waals surface area contributed by atoms with E-state index in [1.54, 1.807) is 12.4 Å². The molecule has 136 valence electrons. The maximum atomic E-state index is 6.43. The number of rotatable bonds is 3. The highest BCUT2D eigenvalue weighted by molar-refractivity contribution is 6.11. The zero-order valence-corrected chi connectivity index (χ0v) is 15.4. The lowest BCUT2D eigenvalue weighted by Gasteiger charge is -2.17. The van der Waals surface area contributed by atoms with Crippen LogP contribution in [0.4, 0.5) is 5.82 Å². The average Bonchev–Trinajstić information content (AvgIpc) is 3.09. The van der Waals surface area contributed by atoms with E-state index in [2.05, 4.69) is 57.9 Å². The lowest BCUT2D eigenvalue weighted by Crippen LogP contribution is -2.08. The van der Waals surface area contributed by atoms with Crippen molar-refractivity contribution in [2.24, 2.45) is 0 Å². The minimum absolute atomic E-state index is 0.100. The van der Waals surface area contributed by atoms with Gasteiger partial charge in [-0.3, -0.25) is 4.98 Å². The molecule has 0 radical (unpaired) electrons. The Morgan fingerprint density at radius 2 is 1.57 bits per heavy atom. The number of nitrogen functional groups attached to an aromatic ring is 1. The van der Waals surface area contributed by atoms with Gasteiger partial charge in [-0.15, -0.1) is 0 Å². The van der Waals surface area contributed by atoms with Crippen LogP contribution in [0.15, 0.2) is 79.1 Å². The van der Waals surface area contributed by atoms with Gasteiger partial charge in [0.05, 0.1) is 16.9 Å². The molecule has 3 heterocycles. The van der Waals surface area contributed by atoms with Gasteiger partial charge in [-0.1, -0.05) is 48.5 Å². The maximum Gasteiger partial charge on any atom is 0.164 e. The van der Waals surface area contributed by atoms with Crippen molar-refractivity contribution in [2.45, 2.75) is 13.0 Å². The van der Waals surface area contributed by atoms with E-state index in [4.69, 9.17) is 10.7 Å². The van der Waals surface area contributed by atoms with Crippen molar-refractivity contribution in [2.75, 3.05) is 5.73 Å². The molecule has 0 saturated heterocycles. The van der Waals surface area contributed by atoms with Crippen LogP contribution in [0.3, 0.4) is 0 Å². The first kappa shape index (κ1) is 16.4. The van der Waals surface area contributed by atoms with Gasteiger partial charge in [0.25, 0.3) is 0 Å². The molecule has 28 heavy (non-hydrogen) atoms. The molecular formula is C23H19N5. The van der Waals surface area contributed by atoms with E-state index in [1.165, 1.54) is 5.56 Å². The van der Waals surface area contributed by atoms with E-state index in [1.807, 2.05) is 30.3 Å². The number of para-hydroxylation sites is 1. The van der Waals surface area contributed by atoms with E-state index >= 15 is 0 Å². The van der Waals surface area contributed by atoms with Crippen molar-refractivity contribution in [1.82, 2.24) is 19.5 Å². The molecule has 5 rings (SSSR count). The zero-order chi connectivity index (χ0) is 19.1. The summed E-state index contributed by atoms with van der Waals surface area (Å²) in [4.78, 5) is 13.6. The summed E-state index contributed by atoms with van der Waals surface area (Å²) >= 11 is 0. The fraction of sp³-hybridized carbons (Fsp3) is 0.0870. The van der Waals surface area contributed by atoms with Crippen LogP contribution in [0, 0.1) is 0 Å². The number of anilines is 1. The van der Waals surface area contributed by atoms with Crippen LogP contribution in [-0.4, -0.2) is 19.5 Å². The molecule has 0 fully saturated rings. The molecule has 0 bridgehead atoms. The number of fused-ring (bicyclic) bond motifs is 3. The second kappa shape index (κ2) is 6.46. The van der Waals surface area contributed by atoms with E-state index in [-0.39, 0.29) is 6.04 Å². The molecule has 0 aliphatic rings. The van der Waals surface area contributed by atoms with Gasteiger partial charge in [-0.2, -0.15) is 0 Å². The molecule has 0 unspecified atom stereocenters. The molecule has 2 N–H and O–H groups in total. The second-order valence-electron chi connectivity index (χ2n) is 6.84. The highest BCUT2D eigenvalue weighted by Gasteiger charge is 2.21. The van der Waals surface area contributed by atoms with Crippen LogP contribution in [0.2, 0.25) is 0 Å². The van der Waals surface area contributed by atoms with Crippen LogP contribution in [0.25, 0.3) is 33.3 Å². The fourth-order valence-electron chi connectivity index (χ4n) is 3.81. The third-order valence-electron chi connectivity index (χ3n) is 5.19. The van der Waals surface area contributed by atoms with Crippen LogP contribution in [-0.2, 0) is 0 Å². The number of nitrogens with zero attached hydrogens (tertiary/aromatic N) is 4. The molecule has 2 aromatic carbocycles. The lowest BCUT2D eigenvalue weighted by atomic mass is 10.1. The standard InChI is InChI=1S/C23H19N5/c1-15(16-7-3-2-4-8-16)28-19-10-6-5-9-18(19)20-21(24)26-22(27-23(20)28)17-11-13-25-14-12-17/h2-15H,1H3,(H2,24,26,27)/t15-/m1/s1. The van der Waals surface area contributed by atoms with Gasteiger partial charge in [0.15, 0.2) is 5.82 Å². The van der Waals surface area contributed by atoms with Gasteiger partial charge in [0.2, 0.25) is 0 Å². The Hall–Kier alpha value is -3.73. The number of nitrogens with two attached hydrogens (primary N) is 1. The first-order valence-corrected chi connectivity index (χ1v) is 9.25. The average molecular weight is 365 g/mol. The minimum Gasteiger partial charge on any atom is -0.383 e. The highest BCUT2D eigenvalue weighted by Crippen LogP contribution is 2.36. The number of benzene rings is 2. The smallest absolute Gasteiger partial charge is 0.164 e. The van der Waals surface area contributed by atoms with Gasteiger partial charge in [0, 0.05) is 23.3 Å². The Bertz CT molecular complexity index is 1280. The summed E-state index contributed by atoms with van der Waals surface area (Å²) < 4.78 is 2.25. The Kier molecular flexibility index (Phi) is 3.79. The maximum absolute atomic E-state index is 6.43. The summed E-state index contributed by atoms with van der Waals surface area (Å²) in [5.74, 6) is 1.10. The first-order valence-electron chi connectivity index (χ1n) is 9.25. The summed E-state index contributed by atoms with van der Waals surface area (Å²) in [6.07, 6.45) is 3.47. The number of hydrogen-bond donors (Lipinski definition) is 1. The Balaban J connectivity index is 1.85.